The molecule has 1 saturated carbocycles. The lowest BCUT2D eigenvalue weighted by Gasteiger charge is -2.24. The lowest BCUT2D eigenvalue weighted by Crippen LogP contribution is -2.35. The van der Waals surface area contributed by atoms with Crippen molar-refractivity contribution in [3.05, 3.63) is 83.1 Å². The van der Waals surface area contributed by atoms with Crippen LogP contribution in [-0.4, -0.2) is 47.7 Å². The van der Waals surface area contributed by atoms with Crippen molar-refractivity contribution >= 4 is 22.3 Å². The minimum absolute atomic E-state index is 0.0821. The summed E-state index contributed by atoms with van der Waals surface area (Å²) in [5.41, 5.74) is 2.15. The second-order valence-electron chi connectivity index (χ2n) is 12.6. The average molecular weight is 626 g/mol. The van der Waals surface area contributed by atoms with Crippen LogP contribution in [0.15, 0.2) is 55.1 Å². The van der Waals surface area contributed by atoms with Gasteiger partial charge in [0, 0.05) is 18.1 Å². The van der Waals surface area contributed by atoms with E-state index < -0.39 is 17.8 Å². The predicted molar refractivity (Wildman–Crippen MR) is 164 cm³/mol. The fraction of sp³-hybridized carbons (Fsp3) is 0.344. The van der Waals surface area contributed by atoms with Gasteiger partial charge in [0.2, 0.25) is 0 Å². The van der Waals surface area contributed by atoms with Crippen LogP contribution in [0.1, 0.15) is 67.6 Å². The van der Waals surface area contributed by atoms with Crippen LogP contribution in [0.25, 0.3) is 16.6 Å². The molecule has 46 heavy (non-hydrogen) atoms. The van der Waals surface area contributed by atoms with Crippen molar-refractivity contribution < 1.29 is 13.2 Å². The van der Waals surface area contributed by atoms with Crippen LogP contribution in [0.2, 0.25) is 0 Å². The molecule has 2 aromatic carbocycles. The van der Waals surface area contributed by atoms with Crippen molar-refractivity contribution in [2.45, 2.75) is 58.3 Å². The lowest BCUT2D eigenvalue weighted by atomic mass is 9.95. The third-order valence-electron chi connectivity index (χ3n) is 8.11. The van der Waals surface area contributed by atoms with E-state index in [0.717, 1.165) is 10.2 Å². The van der Waals surface area contributed by atoms with Crippen molar-refractivity contribution in [3.8, 4) is 17.8 Å². The molecule has 0 bridgehead atoms. The van der Waals surface area contributed by atoms with E-state index in [-0.39, 0.29) is 24.0 Å². The zero-order chi connectivity index (χ0) is 32.9. The van der Waals surface area contributed by atoms with Gasteiger partial charge < -0.3 is 10.6 Å². The summed E-state index contributed by atoms with van der Waals surface area (Å²) in [7, 11) is 0. The molecule has 14 heteroatoms. The van der Waals surface area contributed by atoms with Crippen LogP contribution in [0.5, 0.6) is 0 Å². The molecule has 2 N–H and O–H groups in total. The van der Waals surface area contributed by atoms with Crippen LogP contribution >= 0.6 is 0 Å². The van der Waals surface area contributed by atoms with Gasteiger partial charge in [-0.05, 0) is 54.5 Å². The summed E-state index contributed by atoms with van der Waals surface area (Å²) in [6.07, 6.45) is 1.23. The molecule has 3 heterocycles. The summed E-state index contributed by atoms with van der Waals surface area (Å²) in [5, 5.41) is 43.9. The average Bonchev–Trinajstić information content (AvgIpc) is 3.41. The molecule has 0 amide bonds. The molecule has 0 aliphatic heterocycles. The van der Waals surface area contributed by atoms with Gasteiger partial charge in [-0.25, -0.2) is 4.68 Å². The van der Waals surface area contributed by atoms with E-state index in [1.807, 2.05) is 19.1 Å². The van der Waals surface area contributed by atoms with Gasteiger partial charge in [-0.2, -0.15) is 38.7 Å². The maximum absolute atomic E-state index is 14.0. The van der Waals surface area contributed by atoms with Crippen LogP contribution in [0.3, 0.4) is 0 Å². The van der Waals surface area contributed by atoms with E-state index in [0.29, 0.717) is 51.2 Å². The first-order chi connectivity index (χ1) is 21.8. The van der Waals surface area contributed by atoms with E-state index in [2.05, 4.69) is 69.0 Å². The summed E-state index contributed by atoms with van der Waals surface area (Å²) in [6, 6.07) is 12.3. The Balaban J connectivity index is 1.52. The predicted octanol–water partition coefficient (Wildman–Crippen LogP) is 6.17. The topological polar surface area (TPSA) is 146 Å². The summed E-state index contributed by atoms with van der Waals surface area (Å²) in [5.74, 6) is 0. The zero-order valence-electron chi connectivity index (χ0n) is 25.6. The number of hydrogen-bond donors (Lipinski definition) is 2. The molecule has 1 fully saturated rings. The number of anilines is 2. The van der Waals surface area contributed by atoms with Gasteiger partial charge in [0.25, 0.3) is 0 Å². The summed E-state index contributed by atoms with van der Waals surface area (Å²) in [4.78, 5) is 6.05. The van der Waals surface area contributed by atoms with Gasteiger partial charge in [-0.3, -0.25) is 4.98 Å². The summed E-state index contributed by atoms with van der Waals surface area (Å²) in [6.45, 7) is 8.57. The van der Waals surface area contributed by atoms with Crippen molar-refractivity contribution in [3.63, 3.8) is 0 Å². The summed E-state index contributed by atoms with van der Waals surface area (Å²) >= 11 is 0. The molecule has 0 radical (unpaired) electrons. The molecule has 6 rings (SSSR count). The molecule has 0 saturated heterocycles. The smallest absolute Gasteiger partial charge is 0.383 e. The largest absolute Gasteiger partial charge is 0.413 e. The molecule has 0 unspecified atom stereocenters. The number of fused-ring (bicyclic) bond motifs is 1. The van der Waals surface area contributed by atoms with E-state index >= 15 is 0 Å². The standard InChI is InChI=1S/C32H30F3N11/c1-19-22(6-5-7-26(19)46-40-10-11-41-46)29(25-17-45(44-43-25)31(8-9-31)32(33,34)35)42-24-13-20(14-36)12-23-27(39-18-30(2,3)4)21(15-37)16-38-28(23)24/h5-7,10-13,16-17,29,42H,8-9,18H2,1-4H3,(H,38,39)/t29-/m0/s1. The number of halogens is 3. The Morgan fingerprint density at radius 3 is 2.43 bits per heavy atom. The first-order valence-electron chi connectivity index (χ1n) is 14.6. The quantitative estimate of drug-likeness (QED) is 0.207. The number of hydrogen-bond acceptors (Lipinski definition) is 9. The van der Waals surface area contributed by atoms with Crippen LogP contribution < -0.4 is 10.6 Å². The van der Waals surface area contributed by atoms with Crippen molar-refractivity contribution in [1.29, 1.82) is 10.5 Å². The molecule has 3 aromatic heterocycles. The number of nitrogens with one attached hydrogen (secondary N) is 2. The first kappa shape index (κ1) is 30.5. The van der Waals surface area contributed by atoms with Crippen molar-refractivity contribution in [2.75, 3.05) is 17.2 Å². The van der Waals surface area contributed by atoms with Gasteiger partial charge in [0.1, 0.15) is 11.8 Å². The lowest BCUT2D eigenvalue weighted by molar-refractivity contribution is -0.182. The van der Waals surface area contributed by atoms with Gasteiger partial charge in [-0.1, -0.05) is 38.1 Å². The van der Waals surface area contributed by atoms with E-state index in [9.17, 15) is 23.7 Å². The van der Waals surface area contributed by atoms with Crippen LogP contribution in [-0.2, 0) is 5.54 Å². The Morgan fingerprint density at radius 2 is 1.80 bits per heavy atom. The molecule has 1 aliphatic rings. The minimum atomic E-state index is -4.49. The van der Waals surface area contributed by atoms with Gasteiger partial charge in [-0.15, -0.1) is 5.10 Å². The highest BCUT2D eigenvalue weighted by Crippen LogP contribution is 2.55. The number of nitriles is 2. The van der Waals surface area contributed by atoms with E-state index in [4.69, 9.17) is 0 Å². The van der Waals surface area contributed by atoms with E-state index in [1.54, 1.807) is 30.6 Å². The second kappa shape index (κ2) is 11.1. The number of alkyl halides is 3. The third kappa shape index (κ3) is 5.47. The normalized spacial score (nSPS) is 14.8. The molecular formula is C32H30F3N11. The Morgan fingerprint density at radius 1 is 1.07 bits per heavy atom. The maximum atomic E-state index is 14.0. The highest BCUT2D eigenvalue weighted by molar-refractivity contribution is 6.01. The highest BCUT2D eigenvalue weighted by Gasteiger charge is 2.66. The Bertz CT molecular complexity index is 2000. The Kier molecular flexibility index (Phi) is 7.39. The van der Waals surface area contributed by atoms with Gasteiger partial charge in [0.15, 0.2) is 5.54 Å². The molecular weight excluding hydrogens is 595 g/mol. The number of pyridine rings is 1. The molecule has 0 spiro atoms. The number of benzene rings is 2. The fourth-order valence-corrected chi connectivity index (χ4v) is 5.46. The molecule has 11 nitrogen and oxygen atoms in total. The zero-order valence-corrected chi connectivity index (χ0v) is 25.6. The maximum Gasteiger partial charge on any atom is 0.413 e. The number of rotatable bonds is 8. The van der Waals surface area contributed by atoms with Crippen LogP contribution in [0.4, 0.5) is 24.5 Å². The van der Waals surface area contributed by atoms with Crippen molar-refractivity contribution in [2.24, 2.45) is 5.41 Å². The second-order valence-corrected chi connectivity index (χ2v) is 12.6. The Labute approximate surface area is 262 Å². The summed E-state index contributed by atoms with van der Waals surface area (Å²) < 4.78 is 43.0. The third-order valence-corrected chi connectivity index (χ3v) is 8.11. The minimum Gasteiger partial charge on any atom is -0.383 e. The SMILES string of the molecule is Cc1c([C@H](Nc2cc(C#N)cc3c(NCC(C)(C)C)c(C#N)cnc23)c2cn(C3(C(F)(F)F)CC3)nn2)cccc1-n1nccn1. The van der Waals surface area contributed by atoms with Gasteiger partial charge >= 0.3 is 6.18 Å². The molecule has 1 atom stereocenters. The molecule has 234 valence electrons. The van der Waals surface area contributed by atoms with E-state index in [1.165, 1.54) is 17.2 Å². The van der Waals surface area contributed by atoms with Gasteiger partial charge in [0.05, 0.1) is 64.4 Å². The Hall–Kier alpha value is -5.50. The molecule has 1 aliphatic carbocycles. The monoisotopic (exact) mass is 625 g/mol. The van der Waals surface area contributed by atoms with Crippen LogP contribution in [0, 0.1) is 35.0 Å². The number of aromatic nitrogens is 7. The van der Waals surface area contributed by atoms with Crippen molar-refractivity contribution in [1.82, 2.24) is 35.0 Å². The molecule has 5 aromatic rings. The highest BCUT2D eigenvalue weighted by atomic mass is 19.4. The number of nitrogens with zero attached hydrogens (tertiary/aromatic N) is 9. The first-order valence-corrected chi connectivity index (χ1v) is 14.6. The fourth-order valence-electron chi connectivity index (χ4n) is 5.46.